The number of H-pyrrole nitrogens is 2. The molecule has 0 spiro atoms. The van der Waals surface area contributed by atoms with E-state index in [0.717, 1.165) is 16.8 Å². The van der Waals surface area contributed by atoms with Gasteiger partial charge in [0, 0.05) is 11.8 Å². The van der Waals surface area contributed by atoms with Gasteiger partial charge in [-0.25, -0.2) is 9.97 Å². The van der Waals surface area contributed by atoms with Gasteiger partial charge in [0.2, 0.25) is 0 Å². The van der Waals surface area contributed by atoms with Crippen LogP contribution >= 0.6 is 11.6 Å². The van der Waals surface area contributed by atoms with Gasteiger partial charge in [-0.15, -0.1) is 0 Å². The standard InChI is InChI=1S/C17H14ClN7/c1-9(6-11-8-22-25-15(11)10(2)18)14-16(12-4-3-5-21-12)24-17(20)13(7-19)23-14/h3-6,8,21H,2H2,1H3,(H2,20,24)(H,22,25)/b9-6+. The Bertz CT molecular complexity index is 1010. The molecule has 0 bridgehead atoms. The Morgan fingerprint density at radius 2 is 2.24 bits per heavy atom. The first-order chi connectivity index (χ1) is 12.0. The van der Waals surface area contributed by atoms with Crippen LogP contribution in [0.4, 0.5) is 5.82 Å². The molecule has 4 N–H and O–H groups in total. The Balaban J connectivity index is 2.18. The number of nitrogen functional groups attached to an aromatic ring is 1. The first kappa shape index (κ1) is 16.5. The molecule has 0 aliphatic heterocycles. The molecule has 0 unspecified atom stereocenters. The first-order valence-electron chi connectivity index (χ1n) is 7.29. The van der Waals surface area contributed by atoms with Crippen molar-refractivity contribution in [1.82, 2.24) is 25.1 Å². The third kappa shape index (κ3) is 3.16. The number of nitrogens with one attached hydrogen (secondary N) is 2. The van der Waals surface area contributed by atoms with Crippen molar-refractivity contribution < 1.29 is 0 Å². The minimum Gasteiger partial charge on any atom is -0.381 e. The fraction of sp³-hybridized carbons (Fsp3) is 0.0588. The molecule has 0 aromatic carbocycles. The van der Waals surface area contributed by atoms with Gasteiger partial charge in [0.25, 0.3) is 0 Å². The summed E-state index contributed by atoms with van der Waals surface area (Å²) in [6, 6.07) is 5.67. The summed E-state index contributed by atoms with van der Waals surface area (Å²) >= 11 is 5.97. The average Bonchev–Trinajstić information content (AvgIpc) is 3.26. The van der Waals surface area contributed by atoms with Crippen LogP contribution in [0.15, 0.2) is 31.1 Å². The van der Waals surface area contributed by atoms with Gasteiger partial charge < -0.3 is 10.7 Å². The van der Waals surface area contributed by atoms with Crippen molar-refractivity contribution in [2.75, 3.05) is 5.73 Å². The van der Waals surface area contributed by atoms with Gasteiger partial charge >= 0.3 is 0 Å². The van der Waals surface area contributed by atoms with Gasteiger partial charge in [0.1, 0.15) is 11.8 Å². The van der Waals surface area contributed by atoms with E-state index in [4.69, 9.17) is 17.3 Å². The minimum atomic E-state index is 0.0761. The first-order valence-corrected chi connectivity index (χ1v) is 7.67. The maximum atomic E-state index is 9.22. The van der Waals surface area contributed by atoms with E-state index in [1.807, 2.05) is 31.2 Å². The number of halogens is 1. The second-order valence-corrected chi connectivity index (χ2v) is 5.74. The largest absolute Gasteiger partial charge is 0.381 e. The summed E-state index contributed by atoms with van der Waals surface area (Å²) in [5.41, 5.74) is 9.91. The zero-order chi connectivity index (χ0) is 18.0. The normalized spacial score (nSPS) is 11.3. The van der Waals surface area contributed by atoms with Gasteiger partial charge in [-0.2, -0.15) is 10.4 Å². The summed E-state index contributed by atoms with van der Waals surface area (Å²) in [5.74, 6) is 0.0850. The van der Waals surface area contributed by atoms with Crippen molar-refractivity contribution in [3.63, 3.8) is 0 Å². The maximum absolute atomic E-state index is 9.22. The van der Waals surface area contributed by atoms with Crippen molar-refractivity contribution in [2.45, 2.75) is 6.92 Å². The van der Waals surface area contributed by atoms with Crippen LogP contribution in [0.2, 0.25) is 0 Å². The molecule has 7 nitrogen and oxygen atoms in total. The SMILES string of the molecule is C=C(Cl)c1[nH]ncc1/C=C(\C)c1nc(C#N)c(N)nc1-c1ccc[nH]1. The summed E-state index contributed by atoms with van der Waals surface area (Å²) in [7, 11) is 0. The quantitative estimate of drug-likeness (QED) is 0.665. The lowest BCUT2D eigenvalue weighted by Gasteiger charge is -2.09. The van der Waals surface area contributed by atoms with Crippen molar-refractivity contribution in [1.29, 1.82) is 5.26 Å². The number of rotatable bonds is 4. The molecule has 0 amide bonds. The number of hydrogen-bond donors (Lipinski definition) is 3. The van der Waals surface area contributed by atoms with E-state index in [9.17, 15) is 5.26 Å². The van der Waals surface area contributed by atoms with E-state index in [1.54, 1.807) is 12.4 Å². The van der Waals surface area contributed by atoms with Crippen LogP contribution in [0.25, 0.3) is 28.1 Å². The molecule has 0 aliphatic rings. The van der Waals surface area contributed by atoms with Crippen LogP contribution in [0.3, 0.4) is 0 Å². The highest BCUT2D eigenvalue weighted by atomic mass is 35.5. The summed E-state index contributed by atoms with van der Waals surface area (Å²) in [6.07, 6.45) is 5.26. The van der Waals surface area contributed by atoms with Crippen LogP contribution in [0.1, 0.15) is 29.6 Å². The van der Waals surface area contributed by atoms with Crippen LogP contribution < -0.4 is 5.73 Å². The fourth-order valence-corrected chi connectivity index (χ4v) is 2.55. The molecule has 0 radical (unpaired) electrons. The zero-order valence-corrected chi connectivity index (χ0v) is 14.1. The molecule has 25 heavy (non-hydrogen) atoms. The zero-order valence-electron chi connectivity index (χ0n) is 13.3. The lowest BCUT2D eigenvalue weighted by molar-refractivity contribution is 1.08. The van der Waals surface area contributed by atoms with E-state index in [0.29, 0.717) is 22.1 Å². The Hall–Kier alpha value is -3.37. The highest BCUT2D eigenvalue weighted by molar-refractivity contribution is 6.48. The lowest BCUT2D eigenvalue weighted by Crippen LogP contribution is -2.04. The van der Waals surface area contributed by atoms with Crippen molar-refractivity contribution in [3.8, 4) is 17.5 Å². The van der Waals surface area contributed by atoms with E-state index in [1.165, 1.54) is 0 Å². The number of aromatic nitrogens is 5. The Morgan fingerprint density at radius 1 is 1.44 bits per heavy atom. The Labute approximate surface area is 148 Å². The van der Waals surface area contributed by atoms with Crippen LogP contribution in [-0.4, -0.2) is 25.1 Å². The summed E-state index contributed by atoms with van der Waals surface area (Å²) in [5, 5.41) is 16.3. The lowest BCUT2D eigenvalue weighted by atomic mass is 10.1. The second kappa shape index (κ2) is 6.63. The number of nitriles is 1. The van der Waals surface area contributed by atoms with Crippen molar-refractivity contribution in [2.24, 2.45) is 0 Å². The topological polar surface area (TPSA) is 120 Å². The number of anilines is 1. The smallest absolute Gasteiger partial charge is 0.183 e. The predicted octanol–water partition coefficient (Wildman–Crippen LogP) is 3.42. The molecule has 0 saturated carbocycles. The molecule has 124 valence electrons. The summed E-state index contributed by atoms with van der Waals surface area (Å²) in [4.78, 5) is 11.8. The summed E-state index contributed by atoms with van der Waals surface area (Å²) in [6.45, 7) is 5.57. The van der Waals surface area contributed by atoms with Crippen molar-refractivity contribution >= 4 is 34.1 Å². The molecule has 0 fully saturated rings. The molecule has 3 heterocycles. The predicted molar refractivity (Wildman–Crippen MR) is 98.0 cm³/mol. The van der Waals surface area contributed by atoms with Crippen LogP contribution in [0.5, 0.6) is 0 Å². The molecule has 0 saturated heterocycles. The number of hydrogen-bond acceptors (Lipinski definition) is 5. The molecular weight excluding hydrogens is 338 g/mol. The third-order valence-electron chi connectivity index (χ3n) is 3.57. The van der Waals surface area contributed by atoms with Gasteiger partial charge in [0.15, 0.2) is 11.5 Å². The molecule has 3 aromatic heterocycles. The highest BCUT2D eigenvalue weighted by Gasteiger charge is 2.16. The van der Waals surface area contributed by atoms with Gasteiger partial charge in [-0.05, 0) is 30.7 Å². The van der Waals surface area contributed by atoms with E-state index >= 15 is 0 Å². The van der Waals surface area contributed by atoms with Crippen molar-refractivity contribution in [3.05, 3.63) is 53.8 Å². The monoisotopic (exact) mass is 351 g/mol. The van der Waals surface area contributed by atoms with E-state index < -0.39 is 0 Å². The van der Waals surface area contributed by atoms with Gasteiger partial charge in [-0.1, -0.05) is 18.2 Å². The second-order valence-electron chi connectivity index (χ2n) is 5.28. The van der Waals surface area contributed by atoms with Crippen LogP contribution in [-0.2, 0) is 0 Å². The molecule has 3 aromatic rings. The molecule has 0 atom stereocenters. The number of allylic oxidation sites excluding steroid dienone is 1. The third-order valence-corrected chi connectivity index (χ3v) is 3.76. The number of aromatic amines is 2. The number of nitrogens with zero attached hydrogens (tertiary/aromatic N) is 4. The van der Waals surface area contributed by atoms with E-state index in [-0.39, 0.29) is 11.5 Å². The van der Waals surface area contributed by atoms with Crippen LogP contribution in [0, 0.1) is 11.3 Å². The fourth-order valence-electron chi connectivity index (χ4n) is 2.39. The van der Waals surface area contributed by atoms with E-state index in [2.05, 4.69) is 31.7 Å². The molecule has 3 rings (SSSR count). The minimum absolute atomic E-state index is 0.0761. The number of nitrogens with two attached hydrogens (primary N) is 1. The van der Waals surface area contributed by atoms with Gasteiger partial charge in [-0.3, -0.25) is 5.10 Å². The molecular formula is C17H14ClN7. The molecule has 8 heteroatoms. The average molecular weight is 352 g/mol. The maximum Gasteiger partial charge on any atom is 0.183 e. The Kier molecular flexibility index (Phi) is 4.37. The van der Waals surface area contributed by atoms with Gasteiger partial charge in [0.05, 0.1) is 28.3 Å². The molecule has 0 aliphatic carbocycles. The Morgan fingerprint density at radius 3 is 2.88 bits per heavy atom. The summed E-state index contributed by atoms with van der Waals surface area (Å²) < 4.78 is 0. The highest BCUT2D eigenvalue weighted by Crippen LogP contribution is 2.29.